The summed E-state index contributed by atoms with van der Waals surface area (Å²) in [6, 6.07) is 20.6. The summed E-state index contributed by atoms with van der Waals surface area (Å²) in [7, 11) is 0. The maximum atomic E-state index is 13.6. The molecule has 5 nitrogen and oxygen atoms in total. The zero-order valence-corrected chi connectivity index (χ0v) is 18.6. The fourth-order valence-electron chi connectivity index (χ4n) is 3.43. The molecule has 0 fully saturated rings. The van der Waals surface area contributed by atoms with Gasteiger partial charge >= 0.3 is 11.5 Å². The number of carbonyl (C=O) groups excluding carboxylic acids is 1. The van der Waals surface area contributed by atoms with E-state index in [1.807, 2.05) is 30.3 Å². The second kappa shape index (κ2) is 10.6. The van der Waals surface area contributed by atoms with Gasteiger partial charge in [0.1, 0.15) is 6.61 Å². The van der Waals surface area contributed by atoms with Crippen LogP contribution in [0.2, 0.25) is 0 Å². The number of hydrogen-bond acceptors (Lipinski definition) is 5. The summed E-state index contributed by atoms with van der Waals surface area (Å²) in [6.45, 7) is 3.01. The van der Waals surface area contributed by atoms with Gasteiger partial charge in [0.15, 0.2) is 0 Å². The molecule has 3 aromatic carbocycles. The molecule has 0 aromatic heterocycles. The van der Waals surface area contributed by atoms with Crippen LogP contribution in [-0.2, 0) is 9.48 Å². The standard InChI is InChI=1S/C25H20F3NO4S/c1-2-16-24(34-25(26,27)28,17-33-23(30)20-10-14-22(15-11-20)29(31)32)21-12-8-19(9-13-21)18-6-4-3-5-7-18/h2-15H,1,16-17H2/t24-/m0/s1. The average molecular weight is 487 g/mol. The lowest BCUT2D eigenvalue weighted by Crippen LogP contribution is -2.32. The molecule has 34 heavy (non-hydrogen) atoms. The van der Waals surface area contributed by atoms with Crippen molar-refractivity contribution in [3.63, 3.8) is 0 Å². The number of esters is 1. The van der Waals surface area contributed by atoms with Crippen LogP contribution in [0, 0.1) is 10.1 Å². The van der Waals surface area contributed by atoms with Crippen molar-refractivity contribution in [3.8, 4) is 11.1 Å². The van der Waals surface area contributed by atoms with Crippen LogP contribution in [0.15, 0.2) is 91.5 Å². The van der Waals surface area contributed by atoms with Crippen molar-refractivity contribution in [1.29, 1.82) is 0 Å². The number of non-ortho nitro benzene ring substituents is 1. The molecule has 0 bridgehead atoms. The Morgan fingerprint density at radius 1 is 0.971 bits per heavy atom. The molecule has 1 atom stereocenters. The van der Waals surface area contributed by atoms with E-state index in [4.69, 9.17) is 4.74 Å². The topological polar surface area (TPSA) is 69.4 Å². The first-order valence-corrected chi connectivity index (χ1v) is 10.9. The Morgan fingerprint density at radius 3 is 2.09 bits per heavy atom. The summed E-state index contributed by atoms with van der Waals surface area (Å²) in [5, 5.41) is 10.8. The molecule has 0 saturated carbocycles. The maximum Gasteiger partial charge on any atom is 0.442 e. The molecule has 3 rings (SSSR count). The summed E-state index contributed by atoms with van der Waals surface area (Å²) >= 11 is -0.266. The molecule has 0 heterocycles. The molecular weight excluding hydrogens is 467 g/mol. The van der Waals surface area contributed by atoms with Crippen LogP contribution in [0.25, 0.3) is 11.1 Å². The van der Waals surface area contributed by atoms with E-state index < -0.39 is 27.8 Å². The minimum atomic E-state index is -4.61. The number of nitro groups is 1. The fourth-order valence-corrected chi connectivity index (χ4v) is 4.44. The predicted molar refractivity (Wildman–Crippen MR) is 125 cm³/mol. The van der Waals surface area contributed by atoms with Crippen molar-refractivity contribution in [2.75, 3.05) is 6.61 Å². The highest BCUT2D eigenvalue weighted by Gasteiger charge is 2.45. The quantitative estimate of drug-likeness (QED) is 0.139. The van der Waals surface area contributed by atoms with Gasteiger partial charge in [-0.25, -0.2) is 4.79 Å². The third kappa shape index (κ3) is 6.26. The van der Waals surface area contributed by atoms with Gasteiger partial charge in [0, 0.05) is 12.1 Å². The van der Waals surface area contributed by atoms with Crippen molar-refractivity contribution in [3.05, 3.63) is 113 Å². The molecule has 0 unspecified atom stereocenters. The predicted octanol–water partition coefficient (Wildman–Crippen LogP) is 7.14. The maximum absolute atomic E-state index is 13.6. The van der Waals surface area contributed by atoms with E-state index >= 15 is 0 Å². The Morgan fingerprint density at radius 2 is 1.56 bits per heavy atom. The number of thioether (sulfide) groups is 1. The third-order valence-corrected chi connectivity index (χ3v) is 6.20. The molecule has 0 N–H and O–H groups in total. The summed E-state index contributed by atoms with van der Waals surface area (Å²) < 4.78 is 44.4. The Balaban J connectivity index is 1.90. The van der Waals surface area contributed by atoms with Crippen LogP contribution < -0.4 is 0 Å². The normalized spacial score (nSPS) is 13.0. The van der Waals surface area contributed by atoms with E-state index in [1.54, 1.807) is 24.3 Å². The second-order valence-corrected chi connectivity index (χ2v) is 8.81. The smallest absolute Gasteiger partial charge is 0.442 e. The highest BCUT2D eigenvalue weighted by atomic mass is 32.2. The Kier molecular flexibility index (Phi) is 7.78. The Hall–Kier alpha value is -3.59. The Bertz CT molecular complexity index is 1150. The van der Waals surface area contributed by atoms with Crippen LogP contribution in [0.1, 0.15) is 22.3 Å². The molecule has 0 radical (unpaired) electrons. The molecule has 3 aromatic rings. The molecule has 9 heteroatoms. The number of benzene rings is 3. The number of alkyl halides is 3. The first-order chi connectivity index (χ1) is 16.1. The van der Waals surface area contributed by atoms with E-state index in [1.165, 1.54) is 18.2 Å². The highest BCUT2D eigenvalue weighted by molar-refractivity contribution is 8.01. The van der Waals surface area contributed by atoms with Gasteiger partial charge in [0.25, 0.3) is 5.69 Å². The van der Waals surface area contributed by atoms with E-state index in [0.29, 0.717) is 5.56 Å². The largest absolute Gasteiger partial charge is 0.460 e. The molecule has 0 spiro atoms. The summed E-state index contributed by atoms with van der Waals surface area (Å²) in [5.74, 6) is -0.882. The molecule has 0 saturated heterocycles. The van der Waals surface area contributed by atoms with Crippen LogP contribution in [0.4, 0.5) is 18.9 Å². The fraction of sp³-hybridized carbons (Fsp3) is 0.160. The van der Waals surface area contributed by atoms with Gasteiger partial charge in [-0.1, -0.05) is 60.7 Å². The SMILES string of the molecule is C=CC[C@@](COC(=O)c1ccc([N+](=O)[O-])cc1)(SC(F)(F)F)c1ccc(-c2ccccc2)cc1. The summed E-state index contributed by atoms with van der Waals surface area (Å²) in [6.07, 6.45) is 1.24. The van der Waals surface area contributed by atoms with Gasteiger partial charge in [0.05, 0.1) is 15.2 Å². The number of allylic oxidation sites excluding steroid dienone is 1. The molecule has 0 aliphatic heterocycles. The highest BCUT2D eigenvalue weighted by Crippen LogP contribution is 2.49. The molecule has 0 aliphatic carbocycles. The van der Waals surface area contributed by atoms with Crippen molar-refractivity contribution in [1.82, 2.24) is 0 Å². The Labute approximate surface area is 198 Å². The van der Waals surface area contributed by atoms with Crippen molar-refractivity contribution < 1.29 is 27.6 Å². The van der Waals surface area contributed by atoms with E-state index in [0.717, 1.165) is 23.3 Å². The van der Waals surface area contributed by atoms with Gasteiger partial charge in [0.2, 0.25) is 0 Å². The second-order valence-electron chi connectivity index (χ2n) is 7.36. The average Bonchev–Trinajstić information content (AvgIpc) is 2.82. The zero-order chi connectivity index (χ0) is 24.8. The number of rotatable bonds is 9. The van der Waals surface area contributed by atoms with Crippen LogP contribution >= 0.6 is 11.8 Å². The number of halogens is 3. The first-order valence-electron chi connectivity index (χ1n) is 10.1. The lowest BCUT2D eigenvalue weighted by atomic mass is 9.93. The molecule has 0 amide bonds. The van der Waals surface area contributed by atoms with Gasteiger partial charge in [-0.15, -0.1) is 6.58 Å². The monoisotopic (exact) mass is 487 g/mol. The molecule has 0 aliphatic rings. The van der Waals surface area contributed by atoms with Crippen molar-refractivity contribution in [2.45, 2.75) is 16.7 Å². The van der Waals surface area contributed by atoms with Crippen molar-refractivity contribution in [2.24, 2.45) is 0 Å². The zero-order valence-electron chi connectivity index (χ0n) is 17.8. The number of hydrogen-bond donors (Lipinski definition) is 0. The van der Waals surface area contributed by atoms with E-state index in [2.05, 4.69) is 6.58 Å². The number of ether oxygens (including phenoxy) is 1. The summed E-state index contributed by atoms with van der Waals surface area (Å²) in [5.41, 5.74) is -2.77. The van der Waals surface area contributed by atoms with Gasteiger partial charge in [-0.05, 0) is 47.0 Å². The lowest BCUT2D eigenvalue weighted by Gasteiger charge is -2.33. The first kappa shape index (κ1) is 25.0. The number of carbonyl (C=O) groups is 1. The minimum Gasteiger partial charge on any atom is -0.460 e. The van der Waals surface area contributed by atoms with E-state index in [-0.39, 0.29) is 29.4 Å². The van der Waals surface area contributed by atoms with Crippen LogP contribution in [0.5, 0.6) is 0 Å². The van der Waals surface area contributed by atoms with Gasteiger partial charge < -0.3 is 4.74 Å². The van der Waals surface area contributed by atoms with Gasteiger partial charge in [-0.3, -0.25) is 10.1 Å². The molecule has 176 valence electrons. The lowest BCUT2D eigenvalue weighted by molar-refractivity contribution is -0.384. The van der Waals surface area contributed by atoms with Gasteiger partial charge in [-0.2, -0.15) is 13.2 Å². The molecular formula is C25H20F3NO4S. The van der Waals surface area contributed by atoms with Crippen LogP contribution in [0.3, 0.4) is 0 Å². The van der Waals surface area contributed by atoms with Crippen molar-refractivity contribution >= 4 is 23.4 Å². The number of nitro benzene ring substituents is 1. The third-order valence-electron chi connectivity index (χ3n) is 5.05. The minimum absolute atomic E-state index is 0.00506. The summed E-state index contributed by atoms with van der Waals surface area (Å²) in [4.78, 5) is 22.7. The van der Waals surface area contributed by atoms with Crippen LogP contribution in [-0.4, -0.2) is 23.0 Å². The number of nitrogens with zero attached hydrogens (tertiary/aromatic N) is 1. The van der Waals surface area contributed by atoms with E-state index in [9.17, 15) is 28.1 Å².